The van der Waals surface area contributed by atoms with Crippen molar-refractivity contribution in [3.63, 3.8) is 0 Å². The van der Waals surface area contributed by atoms with Crippen molar-refractivity contribution in [1.82, 2.24) is 0 Å². The van der Waals surface area contributed by atoms with E-state index in [-0.39, 0.29) is 17.9 Å². The van der Waals surface area contributed by atoms with Gasteiger partial charge in [0, 0.05) is 0 Å². The lowest BCUT2D eigenvalue weighted by Crippen LogP contribution is -2.46. The zero-order valence-electron chi connectivity index (χ0n) is 34.0. The van der Waals surface area contributed by atoms with E-state index in [4.69, 9.17) is 37.9 Å². The van der Waals surface area contributed by atoms with Gasteiger partial charge in [-0.15, -0.1) is 0 Å². The Morgan fingerprint density at radius 1 is 0.639 bits per heavy atom. The highest BCUT2D eigenvalue weighted by atomic mass is 16.8. The van der Waals surface area contributed by atoms with E-state index in [0.717, 1.165) is 12.0 Å². The predicted molar refractivity (Wildman–Crippen MR) is 200 cm³/mol. The van der Waals surface area contributed by atoms with Gasteiger partial charge in [-0.2, -0.15) is 0 Å². The normalized spacial score (nSPS) is 46.2. The number of hydrogen-bond acceptors (Lipinski definition) is 22. The predicted octanol–water partition coefficient (Wildman–Crippen LogP) is -5.89. The molecule has 6 rings (SSSR count). The third-order valence-electron chi connectivity index (χ3n) is 13.2. The number of aliphatic hydroxyl groups is 14. The molecule has 1 saturated carbocycles. The minimum Gasteiger partial charge on any atom is -0.394 e. The van der Waals surface area contributed by atoms with E-state index in [1.165, 1.54) is 5.57 Å². The third-order valence-corrected chi connectivity index (χ3v) is 13.2. The topological polar surface area (TPSA) is 357 Å². The van der Waals surface area contributed by atoms with Gasteiger partial charge in [0.15, 0.2) is 25.2 Å². The van der Waals surface area contributed by atoms with E-state index in [1.54, 1.807) is 0 Å². The van der Waals surface area contributed by atoms with Crippen molar-refractivity contribution < 1.29 is 109 Å². The van der Waals surface area contributed by atoms with Crippen LogP contribution in [0.15, 0.2) is 23.3 Å². The zero-order chi connectivity index (χ0) is 44.7. The Kier molecular flexibility index (Phi) is 16.4. The SMILES string of the molecule is C=C(CO[C@@H]1O[C@@H]([C@@H](CO)O[C@@H]2O[C@@H]([C@H](O)CO)[C@H](O)[C@H]2O)[C@H](O)[C@H]1O)[C@@H]1CC[C@]2(C)C[C@H](O[C@@H]3O[C@@H]([C@@H](CO)O[C@@H]4O[C@@H]([C@H](O)CO)[C@H](O)[C@H]4O)[C@H](O)[C@H]3O)CC(C)=C2C1. The molecule has 0 radical (unpaired) electrons. The van der Waals surface area contributed by atoms with E-state index >= 15 is 0 Å². The van der Waals surface area contributed by atoms with Crippen LogP contribution in [0.3, 0.4) is 0 Å². The molecule has 14 N–H and O–H groups in total. The molecule has 0 spiro atoms. The molecule has 61 heavy (non-hydrogen) atoms. The van der Waals surface area contributed by atoms with Crippen molar-refractivity contribution in [2.45, 2.75) is 175 Å². The van der Waals surface area contributed by atoms with Gasteiger partial charge in [0.25, 0.3) is 0 Å². The molecule has 5 fully saturated rings. The molecule has 22 heteroatoms. The Morgan fingerprint density at radius 3 is 1.57 bits per heavy atom. The van der Waals surface area contributed by atoms with Gasteiger partial charge in [0.05, 0.1) is 39.1 Å². The minimum atomic E-state index is -1.67. The highest BCUT2D eigenvalue weighted by molar-refractivity contribution is 5.29. The van der Waals surface area contributed by atoms with Crippen LogP contribution >= 0.6 is 0 Å². The Bertz CT molecular complexity index is 1490. The quantitative estimate of drug-likeness (QED) is 0.0570. The molecule has 0 amide bonds. The maximum absolute atomic E-state index is 10.9. The zero-order valence-corrected chi connectivity index (χ0v) is 34.0. The van der Waals surface area contributed by atoms with Crippen LogP contribution in [0, 0.1) is 11.3 Å². The summed E-state index contributed by atoms with van der Waals surface area (Å²) >= 11 is 0. The maximum Gasteiger partial charge on any atom is 0.187 e. The smallest absolute Gasteiger partial charge is 0.187 e. The lowest BCUT2D eigenvalue weighted by Gasteiger charge is -2.47. The summed E-state index contributed by atoms with van der Waals surface area (Å²) in [5.41, 5.74) is 2.67. The third kappa shape index (κ3) is 10.1. The standard InChI is InChI=1S/C39H64O22/c1-14-6-17(55-36-30(53)26(49)34(61-36)22(12-43)57-38-29(52)24(47)32(59-38)20(45)10-41)8-39(3)5-4-16(7-18(14)39)15(2)13-54-35-27(50)25(48)33(60-35)21(11-42)56-37-28(51)23(46)31(58-37)19(44)9-40/h16-17,19-38,40-53H,2,4-13H2,1,3H3/t16-,17-,19-,20-,21-,22-,23-,24-,25-,26-,27-,28-,29-,30-,31+,32+,33+,34+,35-,36-,37-,38-,39-/m1/s1. The second-order valence-corrected chi connectivity index (χ2v) is 17.4. The van der Waals surface area contributed by atoms with E-state index < -0.39 is 155 Å². The van der Waals surface area contributed by atoms with Gasteiger partial charge in [-0.1, -0.05) is 24.6 Å². The van der Waals surface area contributed by atoms with Crippen LogP contribution in [-0.4, -0.2) is 233 Å². The van der Waals surface area contributed by atoms with Crippen molar-refractivity contribution in [2.75, 3.05) is 33.0 Å². The summed E-state index contributed by atoms with van der Waals surface area (Å²) in [6, 6.07) is 0. The molecule has 4 aliphatic heterocycles. The number of ether oxygens (including phenoxy) is 8. The summed E-state index contributed by atoms with van der Waals surface area (Å²) in [6.07, 6.45) is -27.1. The van der Waals surface area contributed by atoms with Gasteiger partial charge in [-0.25, -0.2) is 0 Å². The van der Waals surface area contributed by atoms with Crippen LogP contribution in [0.4, 0.5) is 0 Å². The van der Waals surface area contributed by atoms with Crippen molar-refractivity contribution in [3.8, 4) is 0 Å². The van der Waals surface area contributed by atoms with E-state index in [0.29, 0.717) is 31.3 Å². The van der Waals surface area contributed by atoms with Gasteiger partial charge in [-0.3, -0.25) is 0 Å². The highest BCUT2D eigenvalue weighted by Gasteiger charge is 2.54. The van der Waals surface area contributed by atoms with Crippen molar-refractivity contribution in [3.05, 3.63) is 23.3 Å². The molecule has 0 unspecified atom stereocenters. The first-order valence-electron chi connectivity index (χ1n) is 20.7. The first-order valence-corrected chi connectivity index (χ1v) is 20.7. The van der Waals surface area contributed by atoms with Crippen molar-refractivity contribution >= 4 is 0 Å². The van der Waals surface area contributed by atoms with E-state index in [2.05, 4.69) is 13.5 Å². The van der Waals surface area contributed by atoms with Gasteiger partial charge in [0.2, 0.25) is 0 Å². The van der Waals surface area contributed by atoms with Gasteiger partial charge < -0.3 is 109 Å². The Morgan fingerprint density at radius 2 is 1.08 bits per heavy atom. The summed E-state index contributed by atoms with van der Waals surface area (Å²) in [5.74, 6) is -0.0186. The largest absolute Gasteiger partial charge is 0.394 e. The monoisotopic (exact) mass is 884 g/mol. The number of rotatable bonds is 18. The second kappa shape index (κ2) is 20.4. The summed E-state index contributed by atoms with van der Waals surface area (Å²) < 4.78 is 45.7. The van der Waals surface area contributed by atoms with Gasteiger partial charge in [-0.05, 0) is 55.9 Å². The van der Waals surface area contributed by atoms with Crippen molar-refractivity contribution in [1.29, 1.82) is 0 Å². The molecule has 0 aromatic rings. The maximum atomic E-state index is 10.9. The van der Waals surface area contributed by atoms with Gasteiger partial charge >= 0.3 is 0 Å². The number of hydrogen-bond donors (Lipinski definition) is 14. The summed E-state index contributed by atoms with van der Waals surface area (Å²) in [7, 11) is 0. The lowest BCUT2D eigenvalue weighted by atomic mass is 9.60. The van der Waals surface area contributed by atoms with Crippen LogP contribution < -0.4 is 0 Å². The average Bonchev–Trinajstić information content (AvgIpc) is 3.89. The molecule has 0 aromatic carbocycles. The van der Waals surface area contributed by atoms with Crippen LogP contribution in [0.2, 0.25) is 0 Å². The van der Waals surface area contributed by atoms with Crippen LogP contribution in [0.25, 0.3) is 0 Å². The lowest BCUT2D eigenvalue weighted by molar-refractivity contribution is -0.249. The van der Waals surface area contributed by atoms with E-state index in [1.807, 2.05) is 6.92 Å². The average molecular weight is 885 g/mol. The van der Waals surface area contributed by atoms with Gasteiger partial charge in [0.1, 0.15) is 97.7 Å². The molecule has 0 bridgehead atoms. The molecular weight excluding hydrogens is 820 g/mol. The number of allylic oxidation sites excluding steroid dienone is 1. The number of aliphatic hydroxyl groups excluding tert-OH is 14. The Hall–Kier alpha value is -1.40. The molecule has 0 aromatic heterocycles. The molecule has 4 saturated heterocycles. The fraction of sp³-hybridized carbons (Fsp3) is 0.897. The first kappa shape index (κ1) is 49.0. The minimum absolute atomic E-state index is 0.0186. The molecule has 352 valence electrons. The summed E-state index contributed by atoms with van der Waals surface area (Å²) in [4.78, 5) is 0. The van der Waals surface area contributed by atoms with Crippen molar-refractivity contribution in [2.24, 2.45) is 11.3 Å². The van der Waals surface area contributed by atoms with Crippen LogP contribution in [0.5, 0.6) is 0 Å². The molecular formula is C39H64O22. The fourth-order valence-corrected chi connectivity index (χ4v) is 9.55. The number of fused-ring (bicyclic) bond motifs is 1. The van der Waals surface area contributed by atoms with E-state index in [9.17, 15) is 71.5 Å². The van der Waals surface area contributed by atoms with Crippen LogP contribution in [-0.2, 0) is 37.9 Å². The first-order chi connectivity index (χ1) is 28.9. The molecule has 22 nitrogen and oxygen atoms in total. The fourth-order valence-electron chi connectivity index (χ4n) is 9.55. The Labute approximate surface area is 351 Å². The molecule has 23 atom stereocenters. The summed E-state index contributed by atoms with van der Waals surface area (Å²) in [6.45, 7) is 5.29. The summed E-state index contributed by atoms with van der Waals surface area (Å²) in [5, 5.41) is 143. The molecule has 6 aliphatic rings. The molecule has 2 aliphatic carbocycles. The second-order valence-electron chi connectivity index (χ2n) is 17.4. The molecule has 4 heterocycles. The Balaban J connectivity index is 1.000. The van der Waals surface area contributed by atoms with Crippen LogP contribution in [0.1, 0.15) is 46.0 Å². The highest BCUT2D eigenvalue weighted by Crippen LogP contribution is 2.53.